The van der Waals surface area contributed by atoms with Crippen LogP contribution in [-0.4, -0.2) is 17.9 Å². The van der Waals surface area contributed by atoms with E-state index in [0.29, 0.717) is 38.9 Å². The summed E-state index contributed by atoms with van der Waals surface area (Å²) in [6.45, 7) is 0. The van der Waals surface area contributed by atoms with Crippen LogP contribution in [0.5, 0.6) is 5.75 Å². The second-order valence-corrected chi connectivity index (χ2v) is 6.05. The smallest absolute Gasteiger partial charge is 0.257 e. The monoisotopic (exact) mass is 355 g/mol. The molecule has 0 amide bonds. The highest BCUT2D eigenvalue weighted by Crippen LogP contribution is 2.39. The maximum Gasteiger partial charge on any atom is 0.257 e. The van der Waals surface area contributed by atoms with Gasteiger partial charge in [-0.3, -0.25) is 9.59 Å². The number of aromatic amines is 1. The summed E-state index contributed by atoms with van der Waals surface area (Å²) >= 11 is 3.37. The molecule has 1 aliphatic rings. The number of rotatable bonds is 1. The summed E-state index contributed by atoms with van der Waals surface area (Å²) in [5.41, 5.74) is 2.49. The molecule has 1 heterocycles. The molecule has 4 nitrogen and oxygen atoms in total. The van der Waals surface area contributed by atoms with Crippen LogP contribution < -0.4 is 10.3 Å². The van der Waals surface area contributed by atoms with Gasteiger partial charge in [-0.05, 0) is 35.9 Å². The summed E-state index contributed by atoms with van der Waals surface area (Å²) < 4.78 is 6.04. The van der Waals surface area contributed by atoms with Crippen LogP contribution in [0.4, 0.5) is 0 Å². The van der Waals surface area contributed by atoms with Crippen molar-refractivity contribution in [1.29, 1.82) is 0 Å². The van der Waals surface area contributed by atoms with E-state index in [1.54, 1.807) is 37.4 Å². The number of hydrogen-bond donors (Lipinski definition) is 1. The van der Waals surface area contributed by atoms with E-state index >= 15 is 0 Å². The van der Waals surface area contributed by atoms with Crippen LogP contribution in [0.1, 0.15) is 15.9 Å². The fourth-order valence-electron chi connectivity index (χ4n) is 2.95. The van der Waals surface area contributed by atoms with E-state index in [1.807, 2.05) is 6.07 Å². The number of H-pyrrole nitrogens is 1. The first-order valence-electron chi connectivity index (χ1n) is 6.69. The Morgan fingerprint density at radius 2 is 1.82 bits per heavy atom. The zero-order valence-electron chi connectivity index (χ0n) is 11.6. The minimum absolute atomic E-state index is 0.129. The number of pyridine rings is 1. The van der Waals surface area contributed by atoms with Gasteiger partial charge in [-0.2, -0.15) is 0 Å². The second kappa shape index (κ2) is 4.55. The van der Waals surface area contributed by atoms with Gasteiger partial charge in [-0.15, -0.1) is 0 Å². The molecule has 1 N–H and O–H groups in total. The number of methoxy groups -OCH3 is 1. The molecule has 1 aromatic heterocycles. The predicted molar refractivity (Wildman–Crippen MR) is 87.7 cm³/mol. The maximum atomic E-state index is 12.8. The average molecular weight is 356 g/mol. The Labute approximate surface area is 133 Å². The second-order valence-electron chi connectivity index (χ2n) is 5.13. The quantitative estimate of drug-likeness (QED) is 0.568. The van der Waals surface area contributed by atoms with E-state index in [9.17, 15) is 9.59 Å². The van der Waals surface area contributed by atoms with Crippen molar-refractivity contribution in [2.75, 3.05) is 7.11 Å². The largest absolute Gasteiger partial charge is 0.497 e. The van der Waals surface area contributed by atoms with Crippen molar-refractivity contribution < 1.29 is 9.53 Å². The number of nitrogens with one attached hydrogen (secondary N) is 1. The fraction of sp³-hybridized carbons (Fsp3) is 0.0588. The lowest BCUT2D eigenvalue weighted by molar-refractivity contribution is 0.104. The molecule has 0 saturated carbocycles. The van der Waals surface area contributed by atoms with E-state index in [2.05, 4.69) is 20.9 Å². The normalized spacial score (nSPS) is 12.4. The van der Waals surface area contributed by atoms with Gasteiger partial charge in [-0.1, -0.05) is 22.0 Å². The molecule has 0 spiro atoms. The molecule has 108 valence electrons. The summed E-state index contributed by atoms with van der Waals surface area (Å²) in [7, 11) is 1.57. The molecular weight excluding hydrogens is 346 g/mol. The lowest BCUT2D eigenvalue weighted by Crippen LogP contribution is -2.11. The van der Waals surface area contributed by atoms with Crippen molar-refractivity contribution in [3.05, 3.63) is 62.4 Å². The highest BCUT2D eigenvalue weighted by atomic mass is 79.9. The van der Waals surface area contributed by atoms with Crippen molar-refractivity contribution in [1.82, 2.24) is 4.98 Å². The van der Waals surface area contributed by atoms with E-state index in [0.717, 1.165) is 4.47 Å². The number of aromatic nitrogens is 1. The Bertz CT molecular complexity index is 1020. The van der Waals surface area contributed by atoms with Gasteiger partial charge in [0.05, 0.1) is 12.7 Å². The first-order chi connectivity index (χ1) is 10.6. The zero-order chi connectivity index (χ0) is 15.4. The third kappa shape index (κ3) is 1.69. The third-order valence-corrected chi connectivity index (χ3v) is 4.44. The number of ether oxygens (including phenoxy) is 1. The lowest BCUT2D eigenvalue weighted by atomic mass is 10.0. The molecule has 4 rings (SSSR count). The lowest BCUT2D eigenvalue weighted by Gasteiger charge is -2.06. The molecule has 0 saturated heterocycles. The third-order valence-electron chi connectivity index (χ3n) is 3.94. The Morgan fingerprint density at radius 1 is 1.00 bits per heavy atom. The molecule has 1 aliphatic carbocycles. The summed E-state index contributed by atoms with van der Waals surface area (Å²) in [6, 6.07) is 10.7. The van der Waals surface area contributed by atoms with Crippen LogP contribution in [-0.2, 0) is 0 Å². The minimum Gasteiger partial charge on any atom is -0.497 e. The van der Waals surface area contributed by atoms with Crippen LogP contribution in [0, 0.1) is 0 Å². The zero-order valence-corrected chi connectivity index (χ0v) is 13.2. The number of hydrogen-bond acceptors (Lipinski definition) is 3. The van der Waals surface area contributed by atoms with E-state index in [4.69, 9.17) is 4.74 Å². The highest BCUT2D eigenvalue weighted by molar-refractivity contribution is 9.10. The molecule has 0 unspecified atom stereocenters. The molecule has 3 aromatic rings. The molecule has 0 radical (unpaired) electrons. The number of ketones is 1. The van der Waals surface area contributed by atoms with Crippen LogP contribution in [0.2, 0.25) is 0 Å². The van der Waals surface area contributed by atoms with Crippen molar-refractivity contribution in [3.8, 4) is 16.9 Å². The van der Waals surface area contributed by atoms with Crippen molar-refractivity contribution in [2.45, 2.75) is 0 Å². The van der Waals surface area contributed by atoms with Crippen LogP contribution in [0.25, 0.3) is 22.0 Å². The SMILES string of the molecule is COc1ccc2[nH]c(=O)c3c(c2c1)C(=O)c1cc(Br)ccc1-3. The van der Waals surface area contributed by atoms with E-state index in [-0.39, 0.29) is 11.3 Å². The van der Waals surface area contributed by atoms with Gasteiger partial charge in [0, 0.05) is 26.5 Å². The highest BCUT2D eigenvalue weighted by Gasteiger charge is 2.31. The molecule has 2 aromatic carbocycles. The number of carbonyl (C=O) groups is 1. The van der Waals surface area contributed by atoms with Crippen LogP contribution in [0.3, 0.4) is 0 Å². The first-order valence-corrected chi connectivity index (χ1v) is 7.48. The Balaban J connectivity index is 2.16. The maximum absolute atomic E-state index is 12.8. The standard InChI is InChI=1S/C17H10BrNO3/c1-22-9-3-5-13-12(7-9)14-15(17(21)19-13)10-4-2-8(18)6-11(10)16(14)20/h2-7H,1H3,(H,19,21). The van der Waals surface area contributed by atoms with E-state index in [1.165, 1.54) is 0 Å². The number of fused-ring (bicyclic) bond motifs is 5. The Morgan fingerprint density at radius 3 is 2.59 bits per heavy atom. The van der Waals surface area contributed by atoms with E-state index < -0.39 is 0 Å². The van der Waals surface area contributed by atoms with Crippen LogP contribution >= 0.6 is 15.9 Å². The van der Waals surface area contributed by atoms with Gasteiger partial charge in [0.2, 0.25) is 0 Å². The topological polar surface area (TPSA) is 59.2 Å². The molecule has 0 bridgehead atoms. The Kier molecular flexibility index (Phi) is 2.74. The molecule has 22 heavy (non-hydrogen) atoms. The number of halogens is 1. The first kappa shape index (κ1) is 13.3. The summed E-state index contributed by atoms with van der Waals surface area (Å²) in [5.74, 6) is 0.516. The van der Waals surface area contributed by atoms with Gasteiger partial charge < -0.3 is 9.72 Å². The Hall–Kier alpha value is -2.40. The van der Waals surface area contributed by atoms with Gasteiger partial charge >= 0.3 is 0 Å². The molecule has 5 heteroatoms. The molecule has 0 atom stereocenters. The summed E-state index contributed by atoms with van der Waals surface area (Å²) in [4.78, 5) is 28.1. The number of benzene rings is 2. The van der Waals surface area contributed by atoms with Gasteiger partial charge in [0.25, 0.3) is 5.56 Å². The number of carbonyl (C=O) groups excluding carboxylic acids is 1. The van der Waals surface area contributed by atoms with Crippen molar-refractivity contribution >= 4 is 32.6 Å². The van der Waals surface area contributed by atoms with Crippen molar-refractivity contribution in [2.24, 2.45) is 0 Å². The van der Waals surface area contributed by atoms with Crippen molar-refractivity contribution in [3.63, 3.8) is 0 Å². The molecule has 0 aliphatic heterocycles. The molecular formula is C17H10BrNO3. The van der Waals surface area contributed by atoms with Gasteiger partial charge in [0.1, 0.15) is 5.75 Å². The molecule has 0 fully saturated rings. The summed E-state index contributed by atoms with van der Waals surface area (Å²) in [5, 5.41) is 0.700. The minimum atomic E-state index is -0.248. The fourth-order valence-corrected chi connectivity index (χ4v) is 3.31. The predicted octanol–water partition coefficient (Wildman–Crippen LogP) is 3.51. The van der Waals surface area contributed by atoms with Gasteiger partial charge in [-0.25, -0.2) is 0 Å². The summed E-state index contributed by atoms with van der Waals surface area (Å²) in [6.07, 6.45) is 0. The van der Waals surface area contributed by atoms with Gasteiger partial charge in [0.15, 0.2) is 5.78 Å². The van der Waals surface area contributed by atoms with Crippen LogP contribution in [0.15, 0.2) is 45.7 Å². The average Bonchev–Trinajstić information content (AvgIpc) is 2.81.